The highest BCUT2D eigenvalue weighted by Crippen LogP contribution is 2.62. The molecule has 98 valence electrons. The molecule has 0 spiro atoms. The van der Waals surface area contributed by atoms with Gasteiger partial charge in [-0.05, 0) is 12.1 Å². The zero-order valence-electron chi connectivity index (χ0n) is 9.65. The van der Waals surface area contributed by atoms with Crippen molar-refractivity contribution in [3.05, 3.63) is 33.9 Å². The van der Waals surface area contributed by atoms with E-state index in [2.05, 4.69) is 0 Å². The molecule has 18 heavy (non-hydrogen) atoms. The van der Waals surface area contributed by atoms with Crippen molar-refractivity contribution in [2.45, 2.75) is 17.8 Å². The summed E-state index contributed by atoms with van der Waals surface area (Å²) in [6.07, 6.45) is -0.455. The topological polar surface area (TPSA) is 78.4 Å². The smallest absolute Gasteiger partial charge is 0.277 e. The number of ether oxygens (including phenoxy) is 1. The Morgan fingerprint density at radius 3 is 2.56 bits per heavy atom. The Hall–Kier alpha value is -1.76. The van der Waals surface area contributed by atoms with Gasteiger partial charge in [0.05, 0.1) is 23.5 Å². The van der Waals surface area contributed by atoms with Gasteiger partial charge in [0.2, 0.25) is 0 Å². The van der Waals surface area contributed by atoms with Gasteiger partial charge < -0.3 is 10.5 Å². The number of methoxy groups -OCH3 is 1. The maximum absolute atomic E-state index is 13.4. The summed E-state index contributed by atoms with van der Waals surface area (Å²) in [5.74, 6) is -2.73. The van der Waals surface area contributed by atoms with Gasteiger partial charge in [-0.25, -0.2) is 8.78 Å². The standard InChI is InChI=1S/C11H12F2N2O3/c1-18-7-2-3-8(9(4-7)15(16)17)10(6-14)5-11(10,12)13/h2-4H,5-6,14H2,1H3. The fourth-order valence-electron chi connectivity index (χ4n) is 2.15. The van der Waals surface area contributed by atoms with Crippen LogP contribution < -0.4 is 10.5 Å². The molecule has 0 aromatic heterocycles. The van der Waals surface area contributed by atoms with Crippen molar-refractivity contribution < 1.29 is 18.4 Å². The lowest BCUT2D eigenvalue weighted by atomic mass is 9.93. The second-order valence-electron chi connectivity index (χ2n) is 4.31. The van der Waals surface area contributed by atoms with Gasteiger partial charge >= 0.3 is 0 Å². The van der Waals surface area contributed by atoms with E-state index in [1.807, 2.05) is 0 Å². The molecule has 1 aromatic rings. The maximum atomic E-state index is 13.4. The van der Waals surface area contributed by atoms with Crippen molar-refractivity contribution in [2.24, 2.45) is 5.73 Å². The van der Waals surface area contributed by atoms with Crippen molar-refractivity contribution in [2.75, 3.05) is 13.7 Å². The fraction of sp³-hybridized carbons (Fsp3) is 0.455. The second-order valence-corrected chi connectivity index (χ2v) is 4.31. The second kappa shape index (κ2) is 3.88. The first kappa shape index (κ1) is 12.7. The molecule has 1 atom stereocenters. The minimum atomic E-state index is -2.99. The fourth-order valence-corrected chi connectivity index (χ4v) is 2.15. The third-order valence-electron chi connectivity index (χ3n) is 3.36. The number of rotatable bonds is 4. The van der Waals surface area contributed by atoms with Crippen LogP contribution in [0.2, 0.25) is 0 Å². The first-order valence-corrected chi connectivity index (χ1v) is 5.29. The first-order chi connectivity index (χ1) is 8.38. The summed E-state index contributed by atoms with van der Waals surface area (Å²) in [6.45, 7) is -0.326. The van der Waals surface area contributed by atoms with Crippen molar-refractivity contribution >= 4 is 5.69 Å². The van der Waals surface area contributed by atoms with E-state index in [0.717, 1.165) is 6.07 Å². The zero-order chi connectivity index (χ0) is 13.6. The monoisotopic (exact) mass is 258 g/mol. The van der Waals surface area contributed by atoms with E-state index in [4.69, 9.17) is 10.5 Å². The molecule has 1 aliphatic carbocycles. The molecule has 0 saturated heterocycles. The van der Waals surface area contributed by atoms with Crippen molar-refractivity contribution in [3.63, 3.8) is 0 Å². The van der Waals surface area contributed by atoms with Gasteiger partial charge in [0.25, 0.3) is 11.6 Å². The first-order valence-electron chi connectivity index (χ1n) is 5.29. The lowest BCUT2D eigenvalue weighted by Crippen LogP contribution is -2.27. The maximum Gasteiger partial charge on any atom is 0.277 e. The van der Waals surface area contributed by atoms with E-state index in [9.17, 15) is 18.9 Å². The Morgan fingerprint density at radius 1 is 1.56 bits per heavy atom. The molecule has 0 radical (unpaired) electrons. The molecule has 0 heterocycles. The summed E-state index contributed by atoms with van der Waals surface area (Å²) >= 11 is 0. The average Bonchev–Trinajstić information content (AvgIpc) is 2.92. The Balaban J connectivity index is 2.55. The van der Waals surface area contributed by atoms with Crippen LogP contribution in [0.1, 0.15) is 12.0 Å². The molecule has 2 N–H and O–H groups in total. The normalized spacial score (nSPS) is 24.7. The van der Waals surface area contributed by atoms with E-state index in [1.165, 1.54) is 19.2 Å². The van der Waals surface area contributed by atoms with Crippen LogP contribution in [-0.4, -0.2) is 24.5 Å². The molecule has 5 nitrogen and oxygen atoms in total. The summed E-state index contributed by atoms with van der Waals surface area (Å²) in [7, 11) is 1.35. The average molecular weight is 258 g/mol. The molecule has 1 fully saturated rings. The van der Waals surface area contributed by atoms with Crippen molar-refractivity contribution in [3.8, 4) is 5.75 Å². The van der Waals surface area contributed by atoms with Crippen molar-refractivity contribution in [1.29, 1.82) is 0 Å². The molecule has 0 amide bonds. The molecule has 1 saturated carbocycles. The summed E-state index contributed by atoms with van der Waals surface area (Å²) < 4.78 is 31.7. The lowest BCUT2D eigenvalue weighted by molar-refractivity contribution is -0.386. The number of nitro groups is 1. The SMILES string of the molecule is COc1ccc(C2(CN)CC2(F)F)c([N+](=O)[O-])c1. The molecular formula is C11H12F2N2O3. The minimum Gasteiger partial charge on any atom is -0.497 e. The Morgan fingerprint density at radius 2 is 2.17 bits per heavy atom. The number of hydrogen-bond acceptors (Lipinski definition) is 4. The van der Waals surface area contributed by atoms with Crippen LogP contribution >= 0.6 is 0 Å². The van der Waals surface area contributed by atoms with Crippen LogP contribution in [0.3, 0.4) is 0 Å². The summed E-state index contributed by atoms with van der Waals surface area (Å²) in [6, 6.07) is 3.86. The van der Waals surface area contributed by atoms with Crippen LogP contribution in [0.25, 0.3) is 0 Å². The van der Waals surface area contributed by atoms with Crippen LogP contribution in [-0.2, 0) is 5.41 Å². The van der Waals surface area contributed by atoms with Gasteiger partial charge in [0, 0.05) is 18.5 Å². The van der Waals surface area contributed by atoms with Crippen LogP contribution in [0, 0.1) is 10.1 Å². The summed E-state index contributed by atoms with van der Waals surface area (Å²) in [5, 5.41) is 11.0. The Labute approximate surface area is 102 Å². The molecule has 0 aliphatic heterocycles. The van der Waals surface area contributed by atoms with Gasteiger partial charge in [0.15, 0.2) is 0 Å². The Bertz CT molecular complexity index is 507. The van der Waals surface area contributed by atoms with Gasteiger partial charge in [-0.1, -0.05) is 0 Å². The lowest BCUT2D eigenvalue weighted by Gasteiger charge is -2.15. The predicted molar refractivity (Wildman–Crippen MR) is 59.9 cm³/mol. The van der Waals surface area contributed by atoms with Gasteiger partial charge in [-0.3, -0.25) is 10.1 Å². The van der Waals surface area contributed by atoms with Crippen LogP contribution in [0.5, 0.6) is 5.75 Å². The van der Waals surface area contributed by atoms with Gasteiger partial charge in [-0.2, -0.15) is 0 Å². The van der Waals surface area contributed by atoms with Crippen molar-refractivity contribution in [1.82, 2.24) is 0 Å². The van der Waals surface area contributed by atoms with Gasteiger partial charge in [-0.15, -0.1) is 0 Å². The third kappa shape index (κ3) is 1.62. The van der Waals surface area contributed by atoms with E-state index in [1.54, 1.807) is 0 Å². The molecule has 0 bridgehead atoms. The van der Waals surface area contributed by atoms with E-state index in [-0.39, 0.29) is 23.5 Å². The number of nitrogens with zero attached hydrogens (tertiary/aromatic N) is 1. The number of halogens is 2. The zero-order valence-corrected chi connectivity index (χ0v) is 9.65. The van der Waals surface area contributed by atoms with E-state index in [0.29, 0.717) is 0 Å². The largest absolute Gasteiger partial charge is 0.497 e. The molecular weight excluding hydrogens is 246 g/mol. The highest BCUT2D eigenvalue weighted by atomic mass is 19.3. The third-order valence-corrected chi connectivity index (χ3v) is 3.36. The van der Waals surface area contributed by atoms with E-state index < -0.39 is 22.7 Å². The number of nitrogens with two attached hydrogens (primary N) is 1. The molecule has 1 aromatic carbocycles. The van der Waals surface area contributed by atoms with E-state index >= 15 is 0 Å². The number of benzene rings is 1. The quantitative estimate of drug-likeness (QED) is 0.660. The minimum absolute atomic E-state index is 0.0270. The molecule has 1 unspecified atom stereocenters. The predicted octanol–water partition coefficient (Wildman–Crippen LogP) is 1.84. The molecule has 2 rings (SSSR count). The molecule has 1 aliphatic rings. The van der Waals surface area contributed by atoms with Crippen LogP contribution in [0.4, 0.5) is 14.5 Å². The highest BCUT2D eigenvalue weighted by molar-refractivity contribution is 5.54. The number of nitro benzene ring substituents is 1. The summed E-state index contributed by atoms with van der Waals surface area (Å²) in [4.78, 5) is 10.3. The van der Waals surface area contributed by atoms with Crippen LogP contribution in [0.15, 0.2) is 18.2 Å². The number of hydrogen-bond donors (Lipinski definition) is 1. The number of alkyl halides is 2. The highest BCUT2D eigenvalue weighted by Gasteiger charge is 2.72. The molecule has 7 heteroatoms. The van der Waals surface area contributed by atoms with Gasteiger partial charge in [0.1, 0.15) is 5.75 Å². The Kier molecular flexibility index (Phi) is 2.73. The summed E-state index contributed by atoms with van der Waals surface area (Å²) in [5.41, 5.74) is 3.37.